The molecule has 2 rings (SSSR count). The molecule has 0 aromatic heterocycles. The van der Waals surface area contributed by atoms with Crippen molar-refractivity contribution < 1.29 is 4.79 Å². The van der Waals surface area contributed by atoms with E-state index in [1.54, 1.807) is 18.2 Å². The standard InChI is InChI=1S/C17H16Cl2O/c1-9-8-10(2)12(4)15(11(9)3)17(20)13-6-5-7-14(18)16(13)19/h5-8H,1-4H3. The fourth-order valence-corrected chi connectivity index (χ4v) is 2.76. The van der Waals surface area contributed by atoms with Crippen LogP contribution in [0, 0.1) is 27.7 Å². The first-order valence-corrected chi connectivity index (χ1v) is 7.16. The highest BCUT2D eigenvalue weighted by molar-refractivity contribution is 6.44. The first-order valence-electron chi connectivity index (χ1n) is 6.40. The Morgan fingerprint density at radius 3 is 2.05 bits per heavy atom. The Labute approximate surface area is 129 Å². The molecule has 3 heteroatoms. The molecule has 0 amide bonds. The van der Waals surface area contributed by atoms with E-state index in [1.165, 1.54) is 0 Å². The number of carbonyl (C=O) groups is 1. The number of rotatable bonds is 2. The summed E-state index contributed by atoms with van der Waals surface area (Å²) in [5, 5.41) is 0.717. The molecule has 0 saturated carbocycles. The molecule has 0 saturated heterocycles. The predicted octanol–water partition coefficient (Wildman–Crippen LogP) is 5.46. The molecule has 0 spiro atoms. The highest BCUT2D eigenvalue weighted by Crippen LogP contribution is 2.30. The van der Waals surface area contributed by atoms with Crippen LogP contribution in [-0.4, -0.2) is 5.78 Å². The van der Waals surface area contributed by atoms with Gasteiger partial charge in [0.25, 0.3) is 0 Å². The lowest BCUT2D eigenvalue weighted by atomic mass is 9.89. The van der Waals surface area contributed by atoms with Gasteiger partial charge in [-0.2, -0.15) is 0 Å². The lowest BCUT2D eigenvalue weighted by Gasteiger charge is -2.15. The summed E-state index contributed by atoms with van der Waals surface area (Å²) in [6.07, 6.45) is 0. The monoisotopic (exact) mass is 306 g/mol. The zero-order valence-electron chi connectivity index (χ0n) is 12.0. The topological polar surface area (TPSA) is 17.1 Å². The minimum Gasteiger partial charge on any atom is -0.289 e. The Morgan fingerprint density at radius 2 is 1.50 bits per heavy atom. The molecule has 104 valence electrons. The molecule has 2 aromatic rings. The van der Waals surface area contributed by atoms with Crippen molar-refractivity contribution in [2.75, 3.05) is 0 Å². The van der Waals surface area contributed by atoms with Crippen molar-refractivity contribution in [1.29, 1.82) is 0 Å². The van der Waals surface area contributed by atoms with E-state index in [4.69, 9.17) is 23.2 Å². The van der Waals surface area contributed by atoms with E-state index in [2.05, 4.69) is 6.07 Å². The van der Waals surface area contributed by atoms with Crippen LogP contribution in [0.4, 0.5) is 0 Å². The SMILES string of the molecule is Cc1cc(C)c(C)c(C(=O)c2cccc(Cl)c2Cl)c1C. The van der Waals surface area contributed by atoms with Crippen molar-refractivity contribution in [2.45, 2.75) is 27.7 Å². The van der Waals surface area contributed by atoms with Crippen LogP contribution in [0.3, 0.4) is 0 Å². The summed E-state index contributed by atoms with van der Waals surface area (Å²) in [6.45, 7) is 7.96. The van der Waals surface area contributed by atoms with Crippen LogP contribution in [-0.2, 0) is 0 Å². The van der Waals surface area contributed by atoms with Crippen LogP contribution < -0.4 is 0 Å². The quantitative estimate of drug-likeness (QED) is 0.673. The second kappa shape index (κ2) is 5.59. The van der Waals surface area contributed by atoms with Gasteiger partial charge in [0.1, 0.15) is 0 Å². The van der Waals surface area contributed by atoms with Gasteiger partial charge in [-0.25, -0.2) is 0 Å². The maximum absolute atomic E-state index is 12.8. The van der Waals surface area contributed by atoms with Gasteiger partial charge in [0.2, 0.25) is 0 Å². The van der Waals surface area contributed by atoms with E-state index in [1.807, 2.05) is 27.7 Å². The maximum Gasteiger partial charge on any atom is 0.195 e. The van der Waals surface area contributed by atoms with Crippen LogP contribution in [0.15, 0.2) is 24.3 Å². The Morgan fingerprint density at radius 1 is 0.950 bits per heavy atom. The molecular weight excluding hydrogens is 291 g/mol. The summed E-state index contributed by atoms with van der Waals surface area (Å²) < 4.78 is 0. The van der Waals surface area contributed by atoms with Crippen LogP contribution in [0.2, 0.25) is 10.0 Å². The van der Waals surface area contributed by atoms with Gasteiger partial charge in [-0.15, -0.1) is 0 Å². The molecule has 1 nitrogen and oxygen atoms in total. The largest absolute Gasteiger partial charge is 0.289 e. The average Bonchev–Trinajstić information content (AvgIpc) is 2.40. The zero-order valence-corrected chi connectivity index (χ0v) is 13.5. The molecule has 2 aromatic carbocycles. The number of hydrogen-bond acceptors (Lipinski definition) is 1. The average molecular weight is 307 g/mol. The summed E-state index contributed by atoms with van der Waals surface area (Å²) in [5.41, 5.74) is 5.38. The van der Waals surface area contributed by atoms with Crippen molar-refractivity contribution in [3.05, 3.63) is 67.7 Å². The molecule has 0 N–H and O–H groups in total. The molecule has 20 heavy (non-hydrogen) atoms. The summed E-state index contributed by atoms with van der Waals surface area (Å²) in [7, 11) is 0. The Kier molecular flexibility index (Phi) is 4.22. The molecule has 0 aliphatic heterocycles. The second-order valence-electron chi connectivity index (χ2n) is 5.07. The van der Waals surface area contributed by atoms with Crippen molar-refractivity contribution in [2.24, 2.45) is 0 Å². The molecule has 0 fully saturated rings. The number of carbonyl (C=O) groups excluding carboxylic acids is 1. The molecule has 0 bridgehead atoms. The van der Waals surface area contributed by atoms with Gasteiger partial charge in [0, 0.05) is 11.1 Å². The number of ketones is 1. The van der Waals surface area contributed by atoms with Crippen molar-refractivity contribution in [1.82, 2.24) is 0 Å². The number of aryl methyl sites for hydroxylation is 2. The number of halogens is 2. The van der Waals surface area contributed by atoms with E-state index >= 15 is 0 Å². The highest BCUT2D eigenvalue weighted by Gasteiger charge is 2.20. The molecule has 0 unspecified atom stereocenters. The lowest BCUT2D eigenvalue weighted by Crippen LogP contribution is -2.09. The van der Waals surface area contributed by atoms with Crippen LogP contribution >= 0.6 is 23.2 Å². The van der Waals surface area contributed by atoms with E-state index in [0.717, 1.165) is 27.8 Å². The van der Waals surface area contributed by atoms with Crippen LogP contribution in [0.25, 0.3) is 0 Å². The van der Waals surface area contributed by atoms with Gasteiger partial charge in [0.15, 0.2) is 5.78 Å². The zero-order chi connectivity index (χ0) is 15.0. The fraction of sp³-hybridized carbons (Fsp3) is 0.235. The fourth-order valence-electron chi connectivity index (χ4n) is 2.37. The summed E-state index contributed by atoms with van der Waals surface area (Å²) in [6, 6.07) is 7.24. The molecule has 0 heterocycles. The molecule has 0 radical (unpaired) electrons. The first kappa shape index (κ1) is 15.1. The van der Waals surface area contributed by atoms with Crippen LogP contribution in [0.5, 0.6) is 0 Å². The Hall–Kier alpha value is -1.31. The van der Waals surface area contributed by atoms with Gasteiger partial charge in [-0.3, -0.25) is 4.79 Å². The molecule has 0 aliphatic rings. The van der Waals surface area contributed by atoms with E-state index in [-0.39, 0.29) is 5.78 Å². The number of benzene rings is 2. The Bertz CT molecular complexity index is 676. The first-order chi connectivity index (χ1) is 9.34. The summed E-state index contributed by atoms with van der Waals surface area (Å²) >= 11 is 12.2. The van der Waals surface area contributed by atoms with Crippen molar-refractivity contribution in [3.8, 4) is 0 Å². The third kappa shape index (κ3) is 2.48. The van der Waals surface area contributed by atoms with Gasteiger partial charge in [-0.05, 0) is 62.1 Å². The predicted molar refractivity (Wildman–Crippen MR) is 85.3 cm³/mol. The summed E-state index contributed by atoms with van der Waals surface area (Å²) in [4.78, 5) is 12.8. The third-order valence-electron chi connectivity index (χ3n) is 3.79. The normalized spacial score (nSPS) is 10.7. The van der Waals surface area contributed by atoms with Gasteiger partial charge in [-0.1, -0.05) is 35.3 Å². The minimum atomic E-state index is -0.0701. The lowest BCUT2D eigenvalue weighted by molar-refractivity contribution is 0.103. The van der Waals surface area contributed by atoms with Gasteiger partial charge < -0.3 is 0 Å². The molecule has 0 aliphatic carbocycles. The highest BCUT2D eigenvalue weighted by atomic mass is 35.5. The van der Waals surface area contributed by atoms with Crippen LogP contribution in [0.1, 0.15) is 38.2 Å². The molecule has 0 atom stereocenters. The van der Waals surface area contributed by atoms with Crippen molar-refractivity contribution >= 4 is 29.0 Å². The van der Waals surface area contributed by atoms with E-state index in [9.17, 15) is 4.79 Å². The third-order valence-corrected chi connectivity index (χ3v) is 4.61. The smallest absolute Gasteiger partial charge is 0.195 e. The number of hydrogen-bond donors (Lipinski definition) is 0. The van der Waals surface area contributed by atoms with Gasteiger partial charge >= 0.3 is 0 Å². The summed E-state index contributed by atoms with van der Waals surface area (Å²) in [5.74, 6) is -0.0701. The second-order valence-corrected chi connectivity index (χ2v) is 5.85. The minimum absolute atomic E-state index is 0.0701. The van der Waals surface area contributed by atoms with Crippen molar-refractivity contribution in [3.63, 3.8) is 0 Å². The molecular formula is C17H16Cl2O. The van der Waals surface area contributed by atoms with Gasteiger partial charge in [0.05, 0.1) is 10.0 Å². The Balaban J connectivity index is 2.69. The van der Waals surface area contributed by atoms with E-state index in [0.29, 0.717) is 15.6 Å². The van der Waals surface area contributed by atoms with E-state index < -0.39 is 0 Å². The maximum atomic E-state index is 12.8.